The van der Waals surface area contributed by atoms with Crippen molar-refractivity contribution in [1.82, 2.24) is 15.1 Å². The molecule has 2 atom stereocenters. The summed E-state index contributed by atoms with van der Waals surface area (Å²) in [6, 6.07) is 7.47. The van der Waals surface area contributed by atoms with Gasteiger partial charge in [0.1, 0.15) is 5.75 Å². The van der Waals surface area contributed by atoms with Crippen LogP contribution in [-0.4, -0.2) is 65.4 Å². The number of phenolic OH excluding ortho intramolecular Hbond substituents is 1. The van der Waals surface area contributed by atoms with Crippen LogP contribution >= 0.6 is 0 Å². The first kappa shape index (κ1) is 19.0. The molecule has 0 unspecified atom stereocenters. The first-order valence-corrected chi connectivity index (χ1v) is 9.71. The van der Waals surface area contributed by atoms with Gasteiger partial charge < -0.3 is 20.1 Å². The molecule has 1 heterocycles. The molecule has 1 aromatic carbocycles. The monoisotopic (exact) mass is 361 g/mol. The highest BCUT2D eigenvalue weighted by Gasteiger charge is 2.32. The molecule has 1 aliphatic carbocycles. The number of morpholine rings is 1. The molecule has 1 saturated carbocycles. The van der Waals surface area contributed by atoms with Gasteiger partial charge in [-0.25, -0.2) is 4.79 Å². The summed E-state index contributed by atoms with van der Waals surface area (Å²) in [7, 11) is 0. The predicted molar refractivity (Wildman–Crippen MR) is 101 cm³/mol. The molecule has 3 rings (SSSR count). The van der Waals surface area contributed by atoms with Crippen molar-refractivity contribution in [2.24, 2.45) is 0 Å². The molecule has 2 aliphatic rings. The summed E-state index contributed by atoms with van der Waals surface area (Å²) < 4.78 is 5.75. The topological polar surface area (TPSA) is 65.0 Å². The number of carbonyl (C=O) groups excluding carboxylic acids is 1. The van der Waals surface area contributed by atoms with Crippen LogP contribution in [0.1, 0.15) is 38.7 Å². The highest BCUT2D eigenvalue weighted by molar-refractivity contribution is 5.74. The molecule has 1 saturated heterocycles. The first-order valence-electron chi connectivity index (χ1n) is 9.71. The number of hydrogen-bond donors (Lipinski definition) is 2. The van der Waals surface area contributed by atoms with E-state index in [0.717, 1.165) is 44.5 Å². The number of amides is 2. The van der Waals surface area contributed by atoms with Crippen molar-refractivity contribution < 1.29 is 14.6 Å². The number of benzene rings is 1. The summed E-state index contributed by atoms with van der Waals surface area (Å²) in [5.74, 6) is 0.243. The standard InChI is InChI=1S/C20H31N3O3/c1-15-12-22(13-16(2)26-15)10-4-9-21-20(25)23(18-7-8-18)14-17-5-3-6-19(24)11-17/h3,5-6,11,15-16,18,24H,4,7-10,12-14H2,1-2H3,(H,21,25)/t15-,16+. The van der Waals surface area contributed by atoms with Gasteiger partial charge in [0.2, 0.25) is 0 Å². The lowest BCUT2D eigenvalue weighted by atomic mass is 10.2. The van der Waals surface area contributed by atoms with E-state index < -0.39 is 0 Å². The molecule has 0 aromatic heterocycles. The van der Waals surface area contributed by atoms with Gasteiger partial charge in [0.25, 0.3) is 0 Å². The van der Waals surface area contributed by atoms with Crippen molar-refractivity contribution in [3.05, 3.63) is 29.8 Å². The molecule has 6 nitrogen and oxygen atoms in total. The van der Waals surface area contributed by atoms with Crippen molar-refractivity contribution in [1.29, 1.82) is 0 Å². The Kier molecular flexibility index (Phi) is 6.38. The fourth-order valence-corrected chi connectivity index (χ4v) is 3.67. The van der Waals surface area contributed by atoms with E-state index in [1.54, 1.807) is 12.1 Å². The van der Waals surface area contributed by atoms with Crippen LogP contribution in [0.5, 0.6) is 5.75 Å². The normalized spacial score (nSPS) is 23.6. The average Bonchev–Trinajstić information content (AvgIpc) is 3.40. The van der Waals surface area contributed by atoms with E-state index >= 15 is 0 Å². The van der Waals surface area contributed by atoms with Crippen LogP contribution < -0.4 is 5.32 Å². The molecule has 1 aliphatic heterocycles. The van der Waals surface area contributed by atoms with E-state index in [2.05, 4.69) is 24.1 Å². The Labute approximate surface area is 156 Å². The number of urea groups is 1. The minimum atomic E-state index is -0.000411. The molecule has 0 bridgehead atoms. The van der Waals surface area contributed by atoms with Gasteiger partial charge in [-0.3, -0.25) is 4.90 Å². The largest absolute Gasteiger partial charge is 0.508 e. The lowest BCUT2D eigenvalue weighted by Crippen LogP contribution is -2.46. The fourth-order valence-electron chi connectivity index (χ4n) is 3.67. The van der Waals surface area contributed by atoms with Gasteiger partial charge in [0.15, 0.2) is 0 Å². The molecule has 0 spiro atoms. The van der Waals surface area contributed by atoms with Crippen molar-refractivity contribution >= 4 is 6.03 Å². The maximum atomic E-state index is 12.6. The zero-order valence-corrected chi connectivity index (χ0v) is 15.9. The Morgan fingerprint density at radius 1 is 1.31 bits per heavy atom. The van der Waals surface area contributed by atoms with Crippen LogP contribution in [0.4, 0.5) is 4.79 Å². The zero-order valence-electron chi connectivity index (χ0n) is 15.9. The van der Waals surface area contributed by atoms with E-state index in [4.69, 9.17) is 4.74 Å². The number of phenols is 1. The highest BCUT2D eigenvalue weighted by Crippen LogP contribution is 2.28. The Bertz CT molecular complexity index is 596. The molecule has 2 fully saturated rings. The second kappa shape index (κ2) is 8.73. The molecule has 1 aromatic rings. The minimum absolute atomic E-state index is 0.000411. The Morgan fingerprint density at radius 2 is 2.04 bits per heavy atom. The average molecular weight is 361 g/mol. The fraction of sp³-hybridized carbons (Fsp3) is 0.650. The van der Waals surface area contributed by atoms with Crippen LogP contribution in [0.3, 0.4) is 0 Å². The number of hydrogen-bond acceptors (Lipinski definition) is 4. The van der Waals surface area contributed by atoms with E-state index in [-0.39, 0.29) is 24.0 Å². The zero-order chi connectivity index (χ0) is 18.5. The third kappa shape index (κ3) is 5.61. The molecule has 6 heteroatoms. The van der Waals surface area contributed by atoms with Crippen LogP contribution in [0.15, 0.2) is 24.3 Å². The minimum Gasteiger partial charge on any atom is -0.508 e. The van der Waals surface area contributed by atoms with Gasteiger partial charge in [-0.05, 0) is 50.8 Å². The number of aromatic hydroxyl groups is 1. The lowest BCUT2D eigenvalue weighted by Gasteiger charge is -2.35. The molecular weight excluding hydrogens is 330 g/mol. The molecule has 26 heavy (non-hydrogen) atoms. The molecular formula is C20H31N3O3. The number of rotatable bonds is 7. The van der Waals surface area contributed by atoms with Crippen LogP contribution in [0, 0.1) is 0 Å². The van der Waals surface area contributed by atoms with Gasteiger partial charge in [-0.15, -0.1) is 0 Å². The van der Waals surface area contributed by atoms with Gasteiger partial charge in [-0.1, -0.05) is 12.1 Å². The van der Waals surface area contributed by atoms with Gasteiger partial charge in [-0.2, -0.15) is 0 Å². The molecule has 0 radical (unpaired) electrons. The van der Waals surface area contributed by atoms with Crippen LogP contribution in [-0.2, 0) is 11.3 Å². The summed E-state index contributed by atoms with van der Waals surface area (Å²) in [6.07, 6.45) is 3.63. The van der Waals surface area contributed by atoms with Crippen LogP contribution in [0.25, 0.3) is 0 Å². The second-order valence-electron chi connectivity index (χ2n) is 7.63. The van der Waals surface area contributed by atoms with Gasteiger partial charge >= 0.3 is 6.03 Å². The van der Waals surface area contributed by atoms with Gasteiger partial charge in [0.05, 0.1) is 12.2 Å². The summed E-state index contributed by atoms with van der Waals surface area (Å²) in [5.41, 5.74) is 0.961. The van der Waals surface area contributed by atoms with Crippen molar-refractivity contribution in [2.45, 2.75) is 57.9 Å². The lowest BCUT2D eigenvalue weighted by molar-refractivity contribution is -0.0679. The van der Waals surface area contributed by atoms with E-state index in [1.165, 1.54) is 0 Å². The third-order valence-electron chi connectivity index (χ3n) is 4.93. The smallest absolute Gasteiger partial charge is 0.317 e. The molecule has 2 N–H and O–H groups in total. The van der Waals surface area contributed by atoms with E-state index in [1.807, 2.05) is 17.0 Å². The SMILES string of the molecule is C[C@@H]1CN(CCCNC(=O)N(Cc2cccc(O)c2)C2CC2)C[C@H](C)O1. The number of ether oxygens (including phenoxy) is 1. The Balaban J connectivity index is 1.42. The number of carbonyl (C=O) groups is 1. The summed E-state index contributed by atoms with van der Waals surface area (Å²) in [4.78, 5) is 16.9. The summed E-state index contributed by atoms with van der Waals surface area (Å²) >= 11 is 0. The Hall–Kier alpha value is -1.79. The third-order valence-corrected chi connectivity index (χ3v) is 4.93. The van der Waals surface area contributed by atoms with Crippen molar-refractivity contribution in [3.8, 4) is 5.75 Å². The Morgan fingerprint density at radius 3 is 2.69 bits per heavy atom. The van der Waals surface area contributed by atoms with Gasteiger partial charge in [0, 0.05) is 38.8 Å². The van der Waals surface area contributed by atoms with E-state index in [9.17, 15) is 9.90 Å². The summed E-state index contributed by atoms with van der Waals surface area (Å²) in [6.45, 7) is 8.35. The first-order chi connectivity index (χ1) is 12.5. The maximum absolute atomic E-state index is 12.6. The quantitative estimate of drug-likeness (QED) is 0.733. The summed E-state index contributed by atoms with van der Waals surface area (Å²) in [5, 5.41) is 12.7. The highest BCUT2D eigenvalue weighted by atomic mass is 16.5. The number of nitrogens with zero attached hydrogens (tertiary/aromatic N) is 2. The second-order valence-corrected chi connectivity index (χ2v) is 7.63. The number of nitrogens with one attached hydrogen (secondary N) is 1. The molecule has 144 valence electrons. The van der Waals surface area contributed by atoms with Crippen molar-refractivity contribution in [3.63, 3.8) is 0 Å². The molecule has 2 amide bonds. The van der Waals surface area contributed by atoms with Crippen LogP contribution in [0.2, 0.25) is 0 Å². The predicted octanol–water partition coefficient (Wildman–Crippen LogP) is 2.57. The maximum Gasteiger partial charge on any atom is 0.317 e. The van der Waals surface area contributed by atoms with E-state index in [0.29, 0.717) is 19.1 Å². The van der Waals surface area contributed by atoms with Crippen molar-refractivity contribution in [2.75, 3.05) is 26.2 Å².